The van der Waals surface area contributed by atoms with Crippen LogP contribution in [-0.4, -0.2) is 16.7 Å². The van der Waals surface area contributed by atoms with Gasteiger partial charge in [-0.2, -0.15) is 11.3 Å². The van der Waals surface area contributed by atoms with Crippen LogP contribution in [-0.2, 0) is 15.1 Å². The van der Waals surface area contributed by atoms with Gasteiger partial charge in [0.05, 0.1) is 17.6 Å². The van der Waals surface area contributed by atoms with E-state index < -0.39 is 5.54 Å². The highest BCUT2D eigenvalue weighted by Gasteiger charge is 2.32. The largest absolute Gasteiger partial charge is 0.325 e. The zero-order valence-electron chi connectivity index (χ0n) is 21.8. The number of Topliss-reactive ketones (excluding diaryl/α,β-unsaturated/α-hetero) is 1. The fourth-order valence-electron chi connectivity index (χ4n) is 5.43. The van der Waals surface area contributed by atoms with Crippen LogP contribution < -0.4 is 11.1 Å². The zero-order valence-corrected chi connectivity index (χ0v) is 22.7. The van der Waals surface area contributed by atoms with Gasteiger partial charge in [0, 0.05) is 35.4 Å². The van der Waals surface area contributed by atoms with Crippen LogP contribution in [0, 0.1) is 17.8 Å². The van der Waals surface area contributed by atoms with Crippen LogP contribution in [0.15, 0.2) is 53.4 Å². The van der Waals surface area contributed by atoms with Gasteiger partial charge in [-0.15, -0.1) is 0 Å². The quantitative estimate of drug-likeness (QED) is 0.316. The van der Waals surface area contributed by atoms with Gasteiger partial charge >= 0.3 is 0 Å². The zero-order chi connectivity index (χ0) is 26.0. The number of ketones is 1. The van der Waals surface area contributed by atoms with E-state index in [4.69, 9.17) is 10.7 Å². The Hall–Kier alpha value is -2.83. The third kappa shape index (κ3) is 6.55. The summed E-state index contributed by atoms with van der Waals surface area (Å²) < 4.78 is 0. The number of rotatable bonds is 9. The van der Waals surface area contributed by atoms with Crippen molar-refractivity contribution in [2.24, 2.45) is 23.5 Å². The van der Waals surface area contributed by atoms with Crippen LogP contribution in [0.1, 0.15) is 70.8 Å². The Balaban J connectivity index is 1.24. The first kappa shape index (κ1) is 25.8. The number of aromatic nitrogens is 1. The number of carbonyl (C=O) groups excluding carboxylic acids is 2. The first-order valence-electron chi connectivity index (χ1n) is 13.5. The topological polar surface area (TPSA) is 85.1 Å². The maximum atomic E-state index is 12.9. The van der Waals surface area contributed by atoms with E-state index in [1.54, 1.807) is 17.5 Å². The van der Waals surface area contributed by atoms with Crippen molar-refractivity contribution in [3.8, 4) is 22.4 Å². The van der Waals surface area contributed by atoms with E-state index in [0.29, 0.717) is 30.0 Å². The van der Waals surface area contributed by atoms with Crippen molar-refractivity contribution in [2.45, 2.75) is 70.8 Å². The molecule has 5 nitrogen and oxygen atoms in total. The fourth-order valence-corrected chi connectivity index (χ4v) is 6.08. The highest BCUT2D eigenvalue weighted by Crippen LogP contribution is 2.38. The first-order chi connectivity index (χ1) is 17.8. The van der Waals surface area contributed by atoms with Crippen molar-refractivity contribution in [2.75, 3.05) is 5.32 Å². The molecule has 0 spiro atoms. The van der Waals surface area contributed by atoms with Gasteiger partial charge in [0.2, 0.25) is 5.91 Å². The van der Waals surface area contributed by atoms with Gasteiger partial charge in [-0.3, -0.25) is 14.6 Å². The fraction of sp³-hybridized carbons (Fsp3) is 0.452. The molecule has 2 aliphatic rings. The summed E-state index contributed by atoms with van der Waals surface area (Å²) in [5.41, 5.74) is 11.6. The molecule has 2 saturated carbocycles. The molecule has 2 fully saturated rings. The van der Waals surface area contributed by atoms with Crippen molar-refractivity contribution in [1.82, 2.24) is 4.98 Å². The molecule has 0 saturated heterocycles. The summed E-state index contributed by atoms with van der Waals surface area (Å²) in [6, 6.07) is 12.4. The Morgan fingerprint density at radius 2 is 1.65 bits per heavy atom. The van der Waals surface area contributed by atoms with Gasteiger partial charge in [0.1, 0.15) is 5.78 Å². The molecule has 2 aliphatic carbocycles. The van der Waals surface area contributed by atoms with E-state index in [2.05, 4.69) is 46.4 Å². The lowest BCUT2D eigenvalue weighted by Crippen LogP contribution is -2.28. The first-order valence-corrected chi connectivity index (χ1v) is 14.5. The van der Waals surface area contributed by atoms with Gasteiger partial charge in [-0.1, -0.05) is 24.3 Å². The molecule has 3 aromatic rings. The number of hydrogen-bond acceptors (Lipinski definition) is 5. The molecule has 6 heteroatoms. The highest BCUT2D eigenvalue weighted by molar-refractivity contribution is 7.08. The average Bonchev–Trinajstić information content (AvgIpc) is 3.59. The number of nitrogens with two attached hydrogens (primary N) is 1. The Bertz CT molecular complexity index is 1230. The maximum absolute atomic E-state index is 12.9. The number of hydrogen-bond donors (Lipinski definition) is 2. The molecule has 37 heavy (non-hydrogen) atoms. The minimum atomic E-state index is -0.399. The second kappa shape index (κ2) is 10.9. The summed E-state index contributed by atoms with van der Waals surface area (Å²) in [6.07, 6.45) is 9.41. The van der Waals surface area contributed by atoms with Crippen LogP contribution in [0.25, 0.3) is 22.4 Å². The number of benzene rings is 1. The molecule has 1 aromatic carbocycles. The molecule has 0 aliphatic heterocycles. The Morgan fingerprint density at radius 1 is 0.973 bits per heavy atom. The summed E-state index contributed by atoms with van der Waals surface area (Å²) in [5, 5.41) is 7.26. The van der Waals surface area contributed by atoms with Crippen LogP contribution in [0.3, 0.4) is 0 Å². The average molecular weight is 516 g/mol. The number of amides is 1. The maximum Gasteiger partial charge on any atom is 0.224 e. The SMILES string of the molecule is CC(C)(N)c1ccc(-c2ncc(NC(=O)CC3CCC(CC(=O)C4CC4)CC3)cc2-c2ccsc2)cc1. The summed E-state index contributed by atoms with van der Waals surface area (Å²) >= 11 is 1.64. The molecule has 1 amide bonds. The van der Waals surface area contributed by atoms with Gasteiger partial charge in [0.25, 0.3) is 0 Å². The molecule has 0 radical (unpaired) electrons. The predicted molar refractivity (Wildman–Crippen MR) is 151 cm³/mol. The molecule has 194 valence electrons. The smallest absolute Gasteiger partial charge is 0.224 e. The number of nitrogens with zero attached hydrogens (tertiary/aromatic N) is 1. The lowest BCUT2D eigenvalue weighted by Gasteiger charge is -2.27. The number of thiophene rings is 1. The van der Waals surface area contributed by atoms with E-state index in [-0.39, 0.29) is 5.91 Å². The van der Waals surface area contributed by atoms with Crippen molar-refractivity contribution in [1.29, 1.82) is 0 Å². The van der Waals surface area contributed by atoms with Crippen LogP contribution in [0.4, 0.5) is 5.69 Å². The minimum absolute atomic E-state index is 0.0397. The van der Waals surface area contributed by atoms with E-state index in [1.165, 1.54) is 0 Å². The third-order valence-corrected chi connectivity index (χ3v) is 8.55. The molecule has 5 rings (SSSR count). The van der Waals surface area contributed by atoms with Crippen molar-refractivity contribution in [3.63, 3.8) is 0 Å². The van der Waals surface area contributed by atoms with Crippen molar-refractivity contribution < 1.29 is 9.59 Å². The third-order valence-electron chi connectivity index (χ3n) is 7.87. The molecule has 0 bridgehead atoms. The minimum Gasteiger partial charge on any atom is -0.325 e. The number of carbonyl (C=O) groups is 2. The van der Waals surface area contributed by atoms with Crippen LogP contribution >= 0.6 is 11.3 Å². The van der Waals surface area contributed by atoms with E-state index in [1.807, 2.05) is 19.9 Å². The summed E-state index contributed by atoms with van der Waals surface area (Å²) in [5.74, 6) is 1.78. The van der Waals surface area contributed by atoms with Gasteiger partial charge in [0.15, 0.2) is 0 Å². The second-order valence-electron chi connectivity index (χ2n) is 11.5. The Labute approximate surface area is 223 Å². The second-order valence-corrected chi connectivity index (χ2v) is 12.3. The normalized spacial score (nSPS) is 20.0. The van der Waals surface area contributed by atoms with Crippen molar-refractivity contribution >= 4 is 28.7 Å². The number of nitrogens with one attached hydrogen (secondary N) is 1. The van der Waals surface area contributed by atoms with E-state index >= 15 is 0 Å². The Kier molecular flexibility index (Phi) is 7.59. The monoisotopic (exact) mass is 515 g/mol. The highest BCUT2D eigenvalue weighted by atomic mass is 32.1. The van der Waals surface area contributed by atoms with Crippen LogP contribution in [0.2, 0.25) is 0 Å². The molecular weight excluding hydrogens is 478 g/mol. The van der Waals surface area contributed by atoms with E-state index in [9.17, 15) is 9.59 Å². The van der Waals surface area contributed by atoms with E-state index in [0.717, 1.165) is 78.6 Å². The molecule has 0 atom stereocenters. The number of anilines is 1. The Morgan fingerprint density at radius 3 is 2.24 bits per heavy atom. The molecule has 3 N–H and O–H groups in total. The van der Waals surface area contributed by atoms with Crippen LogP contribution in [0.5, 0.6) is 0 Å². The predicted octanol–water partition coefficient (Wildman–Crippen LogP) is 7.18. The molecular formula is C31H37N3O2S. The standard InChI is InChI=1S/C31H37N3O2S/c1-31(2,32)25-11-9-23(10-12-25)30-27(24-13-14-37-19-24)17-26(18-33-30)34-29(36)16-21-5-3-20(4-6-21)15-28(35)22-7-8-22/h9-14,17-22H,3-8,15-16,32H2,1-2H3,(H,34,36). The summed E-state index contributed by atoms with van der Waals surface area (Å²) in [7, 11) is 0. The van der Waals surface area contributed by atoms with Gasteiger partial charge in [-0.05, 0) is 98.2 Å². The van der Waals surface area contributed by atoms with Gasteiger partial charge in [-0.25, -0.2) is 0 Å². The summed E-state index contributed by atoms with van der Waals surface area (Å²) in [6.45, 7) is 3.99. The lowest BCUT2D eigenvalue weighted by molar-refractivity contribution is -0.122. The molecule has 2 aromatic heterocycles. The lowest BCUT2D eigenvalue weighted by atomic mass is 9.78. The molecule has 0 unspecified atom stereocenters. The van der Waals surface area contributed by atoms with Gasteiger partial charge < -0.3 is 11.1 Å². The van der Waals surface area contributed by atoms with Crippen molar-refractivity contribution in [3.05, 3.63) is 58.9 Å². The molecule has 2 heterocycles. The summed E-state index contributed by atoms with van der Waals surface area (Å²) in [4.78, 5) is 29.8. The number of pyridine rings is 1.